The first kappa shape index (κ1) is 37.2. The lowest BCUT2D eigenvalue weighted by Gasteiger charge is -2.30. The van der Waals surface area contributed by atoms with Gasteiger partial charge in [0, 0.05) is 29.2 Å². The van der Waals surface area contributed by atoms with Gasteiger partial charge < -0.3 is 25.0 Å². The fourth-order valence-electron chi connectivity index (χ4n) is 7.97. The largest absolute Gasteiger partial charge is 0.480 e. The molecule has 52 heavy (non-hydrogen) atoms. The molecule has 5 atom stereocenters. The molecule has 2 unspecified atom stereocenters. The molecule has 4 aromatic rings. The second kappa shape index (κ2) is 16.0. The normalized spacial score (nSPS) is 21.7. The van der Waals surface area contributed by atoms with E-state index in [4.69, 9.17) is 25.0 Å². The van der Waals surface area contributed by atoms with Gasteiger partial charge in [0.1, 0.15) is 16.8 Å². The molecule has 0 spiro atoms. The zero-order valence-corrected chi connectivity index (χ0v) is 31.6. The molecule has 2 aliphatic rings. The Kier molecular flexibility index (Phi) is 11.4. The number of fused-ring (bicyclic) bond motifs is 1. The number of nitrogens with zero attached hydrogens (tertiary/aromatic N) is 9. The quantitative estimate of drug-likeness (QED) is 0.128. The zero-order valence-electron chi connectivity index (χ0n) is 30.8. The first-order chi connectivity index (χ1) is 25.0. The van der Waals surface area contributed by atoms with E-state index >= 15 is 0 Å². The predicted molar refractivity (Wildman–Crippen MR) is 197 cm³/mol. The average molecular weight is 731 g/mol. The summed E-state index contributed by atoms with van der Waals surface area (Å²) in [4.78, 5) is 29.4. The molecule has 278 valence electrons. The highest BCUT2D eigenvalue weighted by molar-refractivity contribution is 7.16. The summed E-state index contributed by atoms with van der Waals surface area (Å²) in [6, 6.07) is 3.64. The molecule has 1 aliphatic carbocycles. The summed E-state index contributed by atoms with van der Waals surface area (Å²) in [7, 11) is 0. The maximum absolute atomic E-state index is 11.6. The Bertz CT molecular complexity index is 1880. The van der Waals surface area contributed by atoms with Crippen molar-refractivity contribution >= 4 is 28.3 Å². The smallest absolute Gasteiger partial charge is 0.328 e. The first-order valence-corrected chi connectivity index (χ1v) is 19.3. The number of nitrogen functional groups attached to an aromatic ring is 1. The van der Waals surface area contributed by atoms with Gasteiger partial charge in [-0.15, -0.1) is 11.3 Å². The molecule has 1 aliphatic heterocycles. The topological polar surface area (TPSA) is 195 Å². The van der Waals surface area contributed by atoms with Crippen LogP contribution in [0.25, 0.3) is 11.5 Å². The van der Waals surface area contributed by atoms with Crippen molar-refractivity contribution in [2.45, 2.75) is 116 Å². The molecule has 0 aromatic carbocycles. The number of anilines is 2. The number of aliphatic carboxylic acids is 1. The monoisotopic (exact) mass is 730 g/mol. The van der Waals surface area contributed by atoms with Gasteiger partial charge in [-0.1, -0.05) is 49.1 Å². The van der Waals surface area contributed by atoms with Crippen molar-refractivity contribution in [3.8, 4) is 23.5 Å². The first-order valence-electron chi connectivity index (χ1n) is 18.5. The number of aromatic nitrogens is 7. The van der Waals surface area contributed by atoms with E-state index in [0.29, 0.717) is 58.2 Å². The molecule has 4 aromatic heterocycles. The lowest BCUT2D eigenvalue weighted by Crippen LogP contribution is -2.34. The van der Waals surface area contributed by atoms with Crippen LogP contribution in [-0.2, 0) is 16.6 Å². The number of carboxylic acids is 1. The number of thiophene rings is 1. The predicted octanol–water partition coefficient (Wildman–Crippen LogP) is 6.83. The molecule has 14 nitrogen and oxygen atoms in total. The minimum atomic E-state index is -0.931. The van der Waals surface area contributed by atoms with Gasteiger partial charge in [-0.3, -0.25) is 0 Å². The average Bonchev–Trinajstić information content (AvgIpc) is 3.84. The number of rotatable bonds is 14. The fourth-order valence-corrected chi connectivity index (χ4v) is 9.16. The maximum Gasteiger partial charge on any atom is 0.328 e. The number of carboxylic acid groups (broad SMARTS) is 1. The van der Waals surface area contributed by atoms with Gasteiger partial charge in [-0.2, -0.15) is 10.2 Å². The minimum absolute atomic E-state index is 0.113. The van der Waals surface area contributed by atoms with Crippen LogP contribution in [0.1, 0.15) is 120 Å². The Balaban J connectivity index is 1.00. The number of nitriles is 1. The highest BCUT2D eigenvalue weighted by atomic mass is 32.1. The number of ether oxygens (including phenoxy) is 1. The van der Waals surface area contributed by atoms with Crippen LogP contribution in [0.5, 0.6) is 5.88 Å². The molecule has 5 heterocycles. The molecule has 15 heteroatoms. The Morgan fingerprint density at radius 1 is 1.27 bits per heavy atom. The highest BCUT2D eigenvalue weighted by Crippen LogP contribution is 2.48. The number of carbonyl (C=O) groups is 1. The van der Waals surface area contributed by atoms with Crippen LogP contribution in [0.3, 0.4) is 0 Å². The maximum atomic E-state index is 11.6. The van der Waals surface area contributed by atoms with Crippen LogP contribution in [0.2, 0.25) is 0 Å². The summed E-state index contributed by atoms with van der Waals surface area (Å²) in [6.45, 7) is 11.7. The van der Waals surface area contributed by atoms with E-state index in [1.165, 1.54) is 28.9 Å². The summed E-state index contributed by atoms with van der Waals surface area (Å²) in [5, 5.41) is 32.2. The van der Waals surface area contributed by atoms with E-state index in [2.05, 4.69) is 52.2 Å². The van der Waals surface area contributed by atoms with E-state index in [9.17, 15) is 15.2 Å². The van der Waals surface area contributed by atoms with Crippen molar-refractivity contribution in [3.63, 3.8) is 0 Å². The Labute approximate surface area is 308 Å². The van der Waals surface area contributed by atoms with Crippen LogP contribution in [0.4, 0.5) is 10.9 Å². The van der Waals surface area contributed by atoms with Crippen molar-refractivity contribution < 1.29 is 19.2 Å². The van der Waals surface area contributed by atoms with Gasteiger partial charge in [0.15, 0.2) is 6.04 Å². The van der Waals surface area contributed by atoms with Crippen molar-refractivity contribution in [1.82, 2.24) is 35.1 Å². The molecule has 0 saturated carbocycles. The van der Waals surface area contributed by atoms with Gasteiger partial charge in [0.25, 0.3) is 5.88 Å². The van der Waals surface area contributed by atoms with E-state index in [1.807, 2.05) is 19.9 Å². The van der Waals surface area contributed by atoms with Gasteiger partial charge >= 0.3 is 5.97 Å². The van der Waals surface area contributed by atoms with Gasteiger partial charge in [0.05, 0.1) is 23.8 Å². The van der Waals surface area contributed by atoms with Crippen LogP contribution < -0.4 is 15.4 Å². The van der Waals surface area contributed by atoms with E-state index < -0.39 is 17.4 Å². The lowest BCUT2D eigenvalue weighted by atomic mass is 9.72. The third kappa shape index (κ3) is 7.91. The molecular weight excluding hydrogens is 681 g/mol. The SMILES string of the molecule is CC(CCCOc1cn([C@H](C(=O)O)C(C)C)nn1)CCC1CCCN(c2nccc(-c3noc([C@@]4(C)CCCc5sc(N)c(C#N)c54)n3)n2)[C@@H](C)C1. The van der Waals surface area contributed by atoms with Crippen molar-refractivity contribution in [3.05, 3.63) is 40.4 Å². The van der Waals surface area contributed by atoms with Crippen LogP contribution >= 0.6 is 11.3 Å². The third-order valence-electron chi connectivity index (χ3n) is 10.8. The standard InChI is InChI=1S/C37H50N10O4S/c1-22(2)31(34(48)49)47-21-29(43-45-47)50-18-8-9-23(3)12-13-25-10-7-17-46(24(4)19-25)36-40-16-14-27(41-36)33-42-35(51-44-33)37(5)15-6-11-28-30(37)26(20-38)32(39)52-28/h14,16,21-25,31H,6-13,15,17-19,39H2,1-5H3,(H,48,49)/t23?,24-,25?,31-,37-/m0/s1. The van der Waals surface area contributed by atoms with E-state index in [-0.39, 0.29) is 12.0 Å². The summed E-state index contributed by atoms with van der Waals surface area (Å²) in [5.41, 5.74) is 7.70. The van der Waals surface area contributed by atoms with E-state index in [0.717, 1.165) is 68.4 Å². The molecule has 0 radical (unpaired) electrons. The fraction of sp³-hybridized carbons (Fsp3) is 0.622. The number of nitrogens with two attached hydrogens (primary N) is 1. The van der Waals surface area contributed by atoms with Crippen LogP contribution in [0, 0.1) is 29.1 Å². The van der Waals surface area contributed by atoms with E-state index in [1.54, 1.807) is 12.4 Å². The summed E-state index contributed by atoms with van der Waals surface area (Å²) < 4.78 is 13.0. The molecule has 0 amide bonds. The Morgan fingerprint density at radius 2 is 2.10 bits per heavy atom. The van der Waals surface area contributed by atoms with Crippen molar-refractivity contribution in [2.24, 2.45) is 17.8 Å². The zero-order chi connectivity index (χ0) is 37.0. The third-order valence-corrected chi connectivity index (χ3v) is 11.9. The van der Waals surface area contributed by atoms with Crippen LogP contribution in [-0.4, -0.2) is 65.4 Å². The van der Waals surface area contributed by atoms with Crippen LogP contribution in [0.15, 0.2) is 23.0 Å². The van der Waals surface area contributed by atoms with Gasteiger partial charge in [-0.05, 0) is 89.0 Å². The highest BCUT2D eigenvalue weighted by Gasteiger charge is 2.43. The molecule has 6 rings (SSSR count). The second-order valence-corrected chi connectivity index (χ2v) is 16.3. The molecule has 1 fully saturated rings. The Hall–Kier alpha value is -4.58. The second-order valence-electron chi connectivity index (χ2n) is 15.1. The molecule has 3 N–H and O–H groups in total. The van der Waals surface area contributed by atoms with Crippen molar-refractivity contribution in [2.75, 3.05) is 23.8 Å². The van der Waals surface area contributed by atoms with Crippen molar-refractivity contribution in [1.29, 1.82) is 5.26 Å². The van der Waals surface area contributed by atoms with Gasteiger partial charge in [0.2, 0.25) is 17.7 Å². The van der Waals surface area contributed by atoms with Gasteiger partial charge in [-0.25, -0.2) is 19.4 Å². The lowest BCUT2D eigenvalue weighted by molar-refractivity contribution is -0.142. The summed E-state index contributed by atoms with van der Waals surface area (Å²) in [5.74, 6) is 2.08. The minimum Gasteiger partial charge on any atom is -0.480 e. The summed E-state index contributed by atoms with van der Waals surface area (Å²) >= 11 is 1.49. The molecule has 1 saturated heterocycles. The number of hydrogen-bond donors (Lipinski definition) is 2. The molecular formula is C37H50N10O4S. The Morgan fingerprint density at radius 3 is 2.87 bits per heavy atom. The molecule has 0 bridgehead atoms. The number of aryl methyl sites for hydroxylation is 1. The summed E-state index contributed by atoms with van der Waals surface area (Å²) in [6.07, 6.45) is 13.6. The number of hydrogen-bond acceptors (Lipinski definition) is 13.